The molecule has 1 aromatic rings. The first-order valence-corrected chi connectivity index (χ1v) is 5.63. The fraction of sp³-hybridized carbons (Fsp3) is 0.462. The third-order valence-corrected chi connectivity index (χ3v) is 2.19. The summed E-state index contributed by atoms with van der Waals surface area (Å²) in [4.78, 5) is 11.6. The van der Waals surface area contributed by atoms with E-state index in [2.05, 4.69) is 5.32 Å². The molecule has 3 nitrogen and oxygen atoms in total. The fourth-order valence-corrected chi connectivity index (χ4v) is 1.35. The summed E-state index contributed by atoms with van der Waals surface area (Å²) in [6, 6.07) is 4.60. The van der Waals surface area contributed by atoms with Crippen LogP contribution in [0.5, 0.6) is 5.75 Å². The third kappa shape index (κ3) is 4.06. The molecule has 1 aromatic carbocycles. The molecule has 0 aliphatic carbocycles. The molecule has 0 radical (unpaired) electrons. The number of ether oxygens (including phenoxy) is 1. The Morgan fingerprint density at radius 3 is 2.59 bits per heavy atom. The molecular weight excluding hydrogens is 221 g/mol. The minimum atomic E-state index is -0.714. The largest absolute Gasteiger partial charge is 0.478 e. The van der Waals surface area contributed by atoms with Crippen LogP contribution < -0.4 is 10.1 Å². The molecule has 17 heavy (non-hydrogen) atoms. The van der Waals surface area contributed by atoms with Gasteiger partial charge >= 0.3 is 0 Å². The van der Waals surface area contributed by atoms with Crippen molar-refractivity contribution in [3.8, 4) is 5.75 Å². The molecule has 0 spiro atoms. The van der Waals surface area contributed by atoms with Crippen molar-refractivity contribution in [2.24, 2.45) is 0 Å². The molecule has 1 N–H and O–H groups in total. The average Bonchev–Trinajstić information content (AvgIpc) is 2.22. The van der Waals surface area contributed by atoms with Gasteiger partial charge in [0.2, 0.25) is 0 Å². The number of amides is 1. The Hall–Kier alpha value is -1.58. The van der Waals surface area contributed by atoms with E-state index in [1.165, 1.54) is 6.07 Å². The van der Waals surface area contributed by atoms with Crippen LogP contribution in [0.15, 0.2) is 18.2 Å². The van der Waals surface area contributed by atoms with E-state index in [1.54, 1.807) is 19.1 Å². The highest BCUT2D eigenvalue weighted by Crippen LogP contribution is 2.19. The molecule has 0 aromatic heterocycles. The van der Waals surface area contributed by atoms with Crippen LogP contribution in [0.25, 0.3) is 0 Å². The van der Waals surface area contributed by atoms with Gasteiger partial charge in [0.15, 0.2) is 17.7 Å². The Kier molecular flexibility index (Phi) is 4.49. The molecule has 1 rings (SSSR count). The Labute approximate surface area is 101 Å². The molecule has 0 saturated carbocycles. The van der Waals surface area contributed by atoms with Gasteiger partial charge in [-0.3, -0.25) is 4.79 Å². The van der Waals surface area contributed by atoms with Gasteiger partial charge in [-0.25, -0.2) is 4.39 Å². The summed E-state index contributed by atoms with van der Waals surface area (Å²) in [5.74, 6) is -0.600. The zero-order chi connectivity index (χ0) is 13.0. The molecule has 0 fully saturated rings. The van der Waals surface area contributed by atoms with E-state index in [4.69, 9.17) is 4.74 Å². The van der Waals surface area contributed by atoms with Gasteiger partial charge in [-0.2, -0.15) is 0 Å². The zero-order valence-electron chi connectivity index (χ0n) is 10.6. The first-order valence-electron chi connectivity index (χ1n) is 5.63. The van der Waals surface area contributed by atoms with Gasteiger partial charge in [-0.05, 0) is 45.4 Å². The Morgan fingerprint density at radius 2 is 2.00 bits per heavy atom. The maximum absolute atomic E-state index is 13.4. The molecule has 0 heterocycles. The molecule has 0 unspecified atom stereocenters. The summed E-state index contributed by atoms with van der Waals surface area (Å²) < 4.78 is 18.7. The SMILES string of the molecule is Cc1ccc(F)c(O[C@H](C)C(=O)NC(C)C)c1. The van der Waals surface area contributed by atoms with Crippen LogP contribution in [0, 0.1) is 12.7 Å². The number of rotatable bonds is 4. The van der Waals surface area contributed by atoms with Crippen LogP contribution in [-0.2, 0) is 4.79 Å². The predicted molar refractivity (Wildman–Crippen MR) is 64.5 cm³/mol. The van der Waals surface area contributed by atoms with Crippen LogP contribution in [0.2, 0.25) is 0 Å². The Balaban J connectivity index is 2.70. The van der Waals surface area contributed by atoms with E-state index in [1.807, 2.05) is 20.8 Å². The van der Waals surface area contributed by atoms with Gasteiger partial charge in [0, 0.05) is 6.04 Å². The van der Waals surface area contributed by atoms with Crippen molar-refractivity contribution in [2.45, 2.75) is 39.8 Å². The number of hydrogen-bond acceptors (Lipinski definition) is 2. The lowest BCUT2D eigenvalue weighted by molar-refractivity contribution is -0.127. The van der Waals surface area contributed by atoms with Crippen molar-refractivity contribution < 1.29 is 13.9 Å². The molecule has 0 bridgehead atoms. The van der Waals surface area contributed by atoms with E-state index in [0.29, 0.717) is 0 Å². The second kappa shape index (κ2) is 5.66. The van der Waals surface area contributed by atoms with Crippen molar-refractivity contribution in [1.29, 1.82) is 0 Å². The van der Waals surface area contributed by atoms with E-state index < -0.39 is 11.9 Å². The fourth-order valence-electron chi connectivity index (χ4n) is 1.35. The van der Waals surface area contributed by atoms with Gasteiger partial charge in [-0.15, -0.1) is 0 Å². The molecule has 0 aliphatic rings. The monoisotopic (exact) mass is 239 g/mol. The highest BCUT2D eigenvalue weighted by Gasteiger charge is 2.17. The zero-order valence-corrected chi connectivity index (χ0v) is 10.6. The second-order valence-corrected chi connectivity index (χ2v) is 4.36. The highest BCUT2D eigenvalue weighted by molar-refractivity contribution is 5.80. The maximum atomic E-state index is 13.4. The van der Waals surface area contributed by atoms with Crippen molar-refractivity contribution >= 4 is 5.91 Å². The average molecular weight is 239 g/mol. The van der Waals surface area contributed by atoms with Crippen LogP contribution >= 0.6 is 0 Å². The minimum absolute atomic E-state index is 0.0379. The number of hydrogen-bond donors (Lipinski definition) is 1. The number of benzene rings is 1. The van der Waals surface area contributed by atoms with Crippen LogP contribution in [0.1, 0.15) is 26.3 Å². The van der Waals surface area contributed by atoms with Crippen LogP contribution in [0.3, 0.4) is 0 Å². The maximum Gasteiger partial charge on any atom is 0.260 e. The normalized spacial score (nSPS) is 12.4. The first kappa shape index (κ1) is 13.5. The number of carbonyl (C=O) groups excluding carboxylic acids is 1. The van der Waals surface area contributed by atoms with E-state index in [-0.39, 0.29) is 17.7 Å². The van der Waals surface area contributed by atoms with Gasteiger partial charge in [0.05, 0.1) is 0 Å². The van der Waals surface area contributed by atoms with Gasteiger partial charge in [-0.1, -0.05) is 6.07 Å². The number of aryl methyl sites for hydroxylation is 1. The first-order chi connectivity index (χ1) is 7.90. The standard InChI is InChI=1S/C13H18FNO2/c1-8(2)15-13(16)10(4)17-12-7-9(3)5-6-11(12)14/h5-8,10H,1-4H3,(H,15,16)/t10-/m1/s1. The Morgan fingerprint density at radius 1 is 1.35 bits per heavy atom. The number of carbonyl (C=O) groups is 1. The van der Waals surface area contributed by atoms with Crippen LogP contribution in [-0.4, -0.2) is 18.1 Å². The van der Waals surface area contributed by atoms with Crippen molar-refractivity contribution in [3.05, 3.63) is 29.6 Å². The summed E-state index contributed by atoms with van der Waals surface area (Å²) in [6.45, 7) is 7.15. The van der Waals surface area contributed by atoms with Gasteiger partial charge in [0.1, 0.15) is 0 Å². The van der Waals surface area contributed by atoms with Crippen LogP contribution in [0.4, 0.5) is 4.39 Å². The predicted octanol–water partition coefficient (Wildman–Crippen LogP) is 2.43. The second-order valence-electron chi connectivity index (χ2n) is 4.36. The quantitative estimate of drug-likeness (QED) is 0.876. The molecule has 94 valence electrons. The van der Waals surface area contributed by atoms with E-state index in [9.17, 15) is 9.18 Å². The molecule has 4 heteroatoms. The van der Waals surface area contributed by atoms with Crippen molar-refractivity contribution in [3.63, 3.8) is 0 Å². The molecular formula is C13H18FNO2. The smallest absolute Gasteiger partial charge is 0.260 e. The molecule has 0 saturated heterocycles. The van der Waals surface area contributed by atoms with Gasteiger partial charge < -0.3 is 10.1 Å². The summed E-state index contributed by atoms with van der Waals surface area (Å²) in [5, 5.41) is 2.71. The highest BCUT2D eigenvalue weighted by atomic mass is 19.1. The van der Waals surface area contributed by atoms with E-state index >= 15 is 0 Å². The lowest BCUT2D eigenvalue weighted by Crippen LogP contribution is -2.40. The molecule has 0 aliphatic heterocycles. The molecule has 1 amide bonds. The minimum Gasteiger partial charge on any atom is -0.478 e. The lowest BCUT2D eigenvalue weighted by Gasteiger charge is -2.17. The summed E-state index contributed by atoms with van der Waals surface area (Å²) in [7, 11) is 0. The number of halogens is 1. The lowest BCUT2D eigenvalue weighted by atomic mass is 10.2. The third-order valence-electron chi connectivity index (χ3n) is 2.19. The summed E-state index contributed by atoms with van der Waals surface area (Å²) in [6.07, 6.45) is -0.714. The number of nitrogens with one attached hydrogen (secondary N) is 1. The van der Waals surface area contributed by atoms with Gasteiger partial charge in [0.25, 0.3) is 5.91 Å². The van der Waals surface area contributed by atoms with Crippen molar-refractivity contribution in [2.75, 3.05) is 0 Å². The van der Waals surface area contributed by atoms with Crippen molar-refractivity contribution in [1.82, 2.24) is 5.32 Å². The topological polar surface area (TPSA) is 38.3 Å². The molecule has 1 atom stereocenters. The Bertz CT molecular complexity index is 404. The summed E-state index contributed by atoms with van der Waals surface area (Å²) in [5.41, 5.74) is 0.887. The summed E-state index contributed by atoms with van der Waals surface area (Å²) >= 11 is 0. The van der Waals surface area contributed by atoms with E-state index in [0.717, 1.165) is 5.56 Å².